The predicted octanol–water partition coefficient (Wildman–Crippen LogP) is 4.28. The van der Waals surface area contributed by atoms with Crippen molar-refractivity contribution in [3.63, 3.8) is 0 Å². The van der Waals surface area contributed by atoms with Crippen molar-refractivity contribution >= 4 is 0 Å². The van der Waals surface area contributed by atoms with E-state index in [1.807, 2.05) is 0 Å². The lowest BCUT2D eigenvalue weighted by atomic mass is 10.1. The molecule has 0 rings (SSSR count). The molecule has 0 spiro atoms. The van der Waals surface area contributed by atoms with E-state index < -0.39 is 0 Å². The first-order chi connectivity index (χ1) is 14.6. The Morgan fingerprint density at radius 1 is 0.581 bits per heavy atom. The average molecular weight is 442 g/mol. The van der Waals surface area contributed by atoms with Gasteiger partial charge in [-0.2, -0.15) is 0 Å². The molecule has 0 saturated carbocycles. The number of nitrogens with one attached hydrogen (secondary N) is 2. The van der Waals surface area contributed by atoms with Crippen molar-refractivity contribution in [2.75, 3.05) is 52.4 Å². The first-order valence-corrected chi connectivity index (χ1v) is 13.3. The molecule has 5 heteroatoms. The van der Waals surface area contributed by atoms with Gasteiger partial charge in [-0.15, -0.1) is 0 Å². The summed E-state index contributed by atoms with van der Waals surface area (Å²) in [5.41, 5.74) is 0. The van der Waals surface area contributed by atoms with Crippen LogP contribution in [0.4, 0.5) is 0 Å². The largest absolute Gasteiger partial charge is 0.314 e. The highest BCUT2D eigenvalue weighted by molar-refractivity contribution is 4.73. The average Bonchev–Trinajstić information content (AvgIpc) is 2.68. The summed E-state index contributed by atoms with van der Waals surface area (Å²) in [6, 6.07) is 3.05. The van der Waals surface area contributed by atoms with Crippen LogP contribution < -0.4 is 10.6 Å². The van der Waals surface area contributed by atoms with E-state index in [0.717, 1.165) is 52.4 Å². The highest BCUT2D eigenvalue weighted by Gasteiger charge is 2.16. The summed E-state index contributed by atoms with van der Waals surface area (Å²) in [5, 5.41) is 7.40. The molecule has 0 heterocycles. The Balaban J connectivity index is 4.20. The number of nitrogens with zero attached hydrogens (tertiary/aromatic N) is 3. The molecular formula is C26H59N5. The first kappa shape index (κ1) is 30.8. The van der Waals surface area contributed by atoms with Crippen molar-refractivity contribution in [1.82, 2.24) is 25.3 Å². The third-order valence-electron chi connectivity index (χ3n) is 6.47. The van der Waals surface area contributed by atoms with Crippen LogP contribution in [0.3, 0.4) is 0 Å². The van der Waals surface area contributed by atoms with Crippen LogP contribution >= 0.6 is 0 Å². The fourth-order valence-corrected chi connectivity index (χ4v) is 4.25. The first-order valence-electron chi connectivity index (χ1n) is 13.3. The molecule has 0 aromatic rings. The molecule has 31 heavy (non-hydrogen) atoms. The maximum absolute atomic E-state index is 3.70. The quantitative estimate of drug-likeness (QED) is 0.276. The van der Waals surface area contributed by atoms with Gasteiger partial charge in [0.15, 0.2) is 0 Å². The summed E-state index contributed by atoms with van der Waals surface area (Å²) < 4.78 is 0. The zero-order valence-corrected chi connectivity index (χ0v) is 23.0. The molecule has 2 N–H and O–H groups in total. The van der Waals surface area contributed by atoms with Crippen molar-refractivity contribution in [3.8, 4) is 0 Å². The Bertz CT molecular complexity index is 389. The van der Waals surface area contributed by atoms with Gasteiger partial charge in [-0.1, -0.05) is 19.8 Å². The number of hydrogen-bond donors (Lipinski definition) is 2. The minimum Gasteiger partial charge on any atom is -0.314 e. The van der Waals surface area contributed by atoms with Crippen molar-refractivity contribution in [2.24, 2.45) is 0 Å². The van der Waals surface area contributed by atoms with Gasteiger partial charge in [0.25, 0.3) is 0 Å². The van der Waals surface area contributed by atoms with Crippen molar-refractivity contribution in [3.05, 3.63) is 0 Å². The summed E-state index contributed by atoms with van der Waals surface area (Å²) in [7, 11) is 0. The molecule has 1 unspecified atom stereocenters. The summed E-state index contributed by atoms with van der Waals surface area (Å²) in [6.45, 7) is 32.0. The zero-order valence-electron chi connectivity index (χ0n) is 23.0. The Morgan fingerprint density at radius 3 is 1.52 bits per heavy atom. The molecule has 0 aromatic heterocycles. The predicted molar refractivity (Wildman–Crippen MR) is 140 cm³/mol. The van der Waals surface area contributed by atoms with Crippen LogP contribution in [-0.4, -0.2) is 97.3 Å². The lowest BCUT2D eigenvalue weighted by Crippen LogP contribution is -2.46. The topological polar surface area (TPSA) is 33.8 Å². The number of rotatable bonds is 20. The van der Waals surface area contributed by atoms with Crippen molar-refractivity contribution < 1.29 is 0 Å². The van der Waals surface area contributed by atoms with Gasteiger partial charge in [0.05, 0.1) is 0 Å². The van der Waals surface area contributed by atoms with Crippen LogP contribution in [0.2, 0.25) is 0 Å². The Kier molecular flexibility index (Phi) is 18.1. The van der Waals surface area contributed by atoms with E-state index in [4.69, 9.17) is 0 Å². The second kappa shape index (κ2) is 18.3. The van der Waals surface area contributed by atoms with E-state index in [1.54, 1.807) is 0 Å². The van der Waals surface area contributed by atoms with Gasteiger partial charge in [0.1, 0.15) is 0 Å². The highest BCUT2D eigenvalue weighted by atomic mass is 15.2. The normalized spacial score (nSPS) is 13.8. The third kappa shape index (κ3) is 15.3. The third-order valence-corrected chi connectivity index (χ3v) is 6.47. The van der Waals surface area contributed by atoms with Crippen LogP contribution in [0.25, 0.3) is 0 Å². The van der Waals surface area contributed by atoms with E-state index in [-0.39, 0.29) is 0 Å². The minimum absolute atomic E-state index is 0.593. The Labute approximate surface area is 196 Å². The highest BCUT2D eigenvalue weighted by Crippen LogP contribution is 2.06. The zero-order chi connectivity index (χ0) is 23.8. The van der Waals surface area contributed by atoms with Crippen LogP contribution in [0.15, 0.2) is 0 Å². The molecule has 188 valence electrons. The molecule has 0 aliphatic rings. The van der Waals surface area contributed by atoms with Crippen LogP contribution in [0, 0.1) is 0 Å². The summed E-state index contributed by atoms with van der Waals surface area (Å²) in [6.07, 6.45) is 3.91. The molecule has 0 aromatic carbocycles. The SMILES string of the molecule is CCCCC(C)NCCN(CCNCCN(CCN(C(C)C)C(C)C)C(C)C)C(C)C. The molecule has 0 amide bonds. The lowest BCUT2D eigenvalue weighted by molar-refractivity contribution is 0.129. The van der Waals surface area contributed by atoms with Crippen molar-refractivity contribution in [2.45, 2.75) is 119 Å². The number of unbranched alkanes of at least 4 members (excludes halogenated alkanes) is 1. The maximum atomic E-state index is 3.70. The molecule has 0 fully saturated rings. The second-order valence-electron chi connectivity index (χ2n) is 10.4. The summed E-state index contributed by atoms with van der Waals surface area (Å²) >= 11 is 0. The second-order valence-corrected chi connectivity index (χ2v) is 10.4. The van der Waals surface area contributed by atoms with Gasteiger partial charge in [0.2, 0.25) is 0 Å². The van der Waals surface area contributed by atoms with Gasteiger partial charge in [-0.25, -0.2) is 0 Å². The maximum Gasteiger partial charge on any atom is 0.0115 e. The molecule has 0 aliphatic carbocycles. The summed E-state index contributed by atoms with van der Waals surface area (Å²) in [4.78, 5) is 7.81. The van der Waals surface area contributed by atoms with E-state index >= 15 is 0 Å². The fourth-order valence-electron chi connectivity index (χ4n) is 4.25. The van der Waals surface area contributed by atoms with E-state index in [0.29, 0.717) is 30.2 Å². The molecule has 5 nitrogen and oxygen atoms in total. The molecule has 0 saturated heterocycles. The molecule has 0 aliphatic heterocycles. The van der Waals surface area contributed by atoms with Gasteiger partial charge >= 0.3 is 0 Å². The molecular weight excluding hydrogens is 382 g/mol. The van der Waals surface area contributed by atoms with E-state index in [2.05, 4.69) is 94.6 Å². The Morgan fingerprint density at radius 2 is 1.06 bits per heavy atom. The van der Waals surface area contributed by atoms with Crippen LogP contribution in [0.5, 0.6) is 0 Å². The fraction of sp³-hybridized carbons (Fsp3) is 1.00. The minimum atomic E-state index is 0.593. The van der Waals surface area contributed by atoms with Crippen LogP contribution in [-0.2, 0) is 0 Å². The number of hydrogen-bond acceptors (Lipinski definition) is 5. The monoisotopic (exact) mass is 441 g/mol. The molecule has 0 radical (unpaired) electrons. The summed E-state index contributed by atoms with van der Waals surface area (Å²) in [5.74, 6) is 0. The van der Waals surface area contributed by atoms with Crippen LogP contribution in [0.1, 0.15) is 88.5 Å². The van der Waals surface area contributed by atoms with E-state index in [9.17, 15) is 0 Å². The van der Waals surface area contributed by atoms with Gasteiger partial charge in [-0.3, -0.25) is 14.7 Å². The molecule has 1 atom stereocenters. The lowest BCUT2D eigenvalue weighted by Gasteiger charge is -2.34. The van der Waals surface area contributed by atoms with Crippen molar-refractivity contribution in [1.29, 1.82) is 0 Å². The smallest absolute Gasteiger partial charge is 0.0115 e. The van der Waals surface area contributed by atoms with Gasteiger partial charge in [-0.05, 0) is 68.7 Å². The molecule has 0 bridgehead atoms. The van der Waals surface area contributed by atoms with E-state index in [1.165, 1.54) is 19.3 Å². The van der Waals surface area contributed by atoms with Gasteiger partial charge < -0.3 is 10.6 Å². The van der Waals surface area contributed by atoms with Gasteiger partial charge in [0, 0.05) is 82.6 Å². The standard InChI is InChI=1S/C26H59N5/c1-11-12-13-26(10)28-16-19-29(22(2)3)17-14-27-15-18-30(23(4)5)20-21-31(24(6)7)25(8)9/h22-28H,11-21H2,1-10H3. The Hall–Kier alpha value is -0.200.